The molecule has 2 heterocycles. The average Bonchev–Trinajstić information content (AvgIpc) is 3.52. The van der Waals surface area contributed by atoms with Gasteiger partial charge in [0.05, 0.1) is 26.6 Å². The van der Waals surface area contributed by atoms with Gasteiger partial charge in [0, 0.05) is 28.1 Å². The number of hydrogen-bond acceptors (Lipinski definition) is 8. The Bertz CT molecular complexity index is 2040. The van der Waals surface area contributed by atoms with Crippen molar-refractivity contribution in [1.29, 1.82) is 0 Å². The molecule has 8 nitrogen and oxygen atoms in total. The normalized spacial score (nSPS) is 14.5. The average molecular weight is 734 g/mol. The van der Waals surface area contributed by atoms with Crippen molar-refractivity contribution in [3.8, 4) is 11.1 Å². The third kappa shape index (κ3) is 10.4. The summed E-state index contributed by atoms with van der Waals surface area (Å²) in [4.78, 5) is 3.33. The van der Waals surface area contributed by atoms with Crippen molar-refractivity contribution >= 4 is 54.7 Å². The maximum Gasteiger partial charge on any atom is 1.00 e. The molecule has 4 aromatic rings. The number of rotatable bonds is 14. The van der Waals surface area contributed by atoms with E-state index in [0.29, 0.717) is 44.4 Å². The number of unbranched alkanes of at least 4 members (excludes halogenated alkanes) is 2. The number of hydrogen-bond donors (Lipinski definition) is 1. The van der Waals surface area contributed by atoms with Gasteiger partial charge < -0.3 is 13.9 Å². The summed E-state index contributed by atoms with van der Waals surface area (Å²) in [6.45, 7) is 6.81. The predicted molar refractivity (Wildman–Crippen MR) is 190 cm³/mol. The van der Waals surface area contributed by atoms with E-state index in [1.54, 1.807) is 11.8 Å². The Hall–Kier alpha value is -1.71. The van der Waals surface area contributed by atoms with Crippen molar-refractivity contribution in [3.63, 3.8) is 0 Å². The van der Waals surface area contributed by atoms with E-state index in [4.69, 9.17) is 4.42 Å². The van der Waals surface area contributed by atoms with Gasteiger partial charge in [-0.15, -0.1) is 0 Å². The van der Waals surface area contributed by atoms with Crippen LogP contribution in [0.4, 0.5) is 5.69 Å². The second kappa shape index (κ2) is 17.0. The van der Waals surface area contributed by atoms with Crippen LogP contribution in [-0.4, -0.2) is 44.0 Å². The van der Waals surface area contributed by atoms with Crippen LogP contribution in [0, 0.1) is 13.8 Å². The number of fused-ring (bicyclic) bond motifs is 2. The Labute approximate surface area is 331 Å². The molecule has 0 spiro atoms. The van der Waals surface area contributed by atoms with Gasteiger partial charge in [-0.25, -0.2) is 8.42 Å². The molecular weight excluding hydrogens is 694 g/mol. The Kier molecular flexibility index (Phi) is 13.8. The van der Waals surface area contributed by atoms with Crippen LogP contribution < -0.4 is 56.3 Å². The van der Waals surface area contributed by atoms with Gasteiger partial charge in [-0.05, 0) is 117 Å². The minimum atomic E-state index is -4.26. The molecule has 0 aliphatic carbocycles. The molecule has 0 saturated heterocycles. The summed E-state index contributed by atoms with van der Waals surface area (Å²) in [6, 6.07) is 20.5. The van der Waals surface area contributed by atoms with Crippen molar-refractivity contribution in [2.75, 3.05) is 23.0 Å². The fraction of sp³-hybridized carbons (Fsp3) is 0.333. The molecule has 250 valence electrons. The Morgan fingerprint density at radius 1 is 0.917 bits per heavy atom. The van der Waals surface area contributed by atoms with E-state index in [0.717, 1.165) is 55.3 Å². The van der Waals surface area contributed by atoms with Gasteiger partial charge in [-0.3, -0.25) is 4.55 Å². The van der Waals surface area contributed by atoms with Crippen LogP contribution in [0.3, 0.4) is 0 Å². The molecule has 0 radical (unpaired) electrons. The molecule has 48 heavy (non-hydrogen) atoms. The molecule has 1 aliphatic heterocycles. The number of aryl methyl sites for hydroxylation is 3. The second-order valence-corrected chi connectivity index (χ2v) is 16.1. The molecule has 0 bridgehead atoms. The zero-order valence-electron chi connectivity index (χ0n) is 27.9. The summed E-state index contributed by atoms with van der Waals surface area (Å²) in [5, 5.41) is 1.98. The van der Waals surface area contributed by atoms with Gasteiger partial charge in [0.25, 0.3) is 10.1 Å². The number of allylic oxidation sites excluding steroid dienone is 2. The number of nitrogens with zero attached hydrogens (tertiary/aromatic N) is 1. The van der Waals surface area contributed by atoms with Crippen molar-refractivity contribution in [3.05, 3.63) is 99.8 Å². The minimum absolute atomic E-state index is 0. The van der Waals surface area contributed by atoms with Gasteiger partial charge in [0.2, 0.25) is 0 Å². The molecule has 0 amide bonds. The molecule has 12 heteroatoms. The van der Waals surface area contributed by atoms with Crippen molar-refractivity contribution in [2.24, 2.45) is 0 Å². The molecule has 0 saturated carbocycles. The number of benzene rings is 3. The Morgan fingerprint density at radius 3 is 2.31 bits per heavy atom. The van der Waals surface area contributed by atoms with Gasteiger partial charge in [-0.1, -0.05) is 55.1 Å². The first-order valence-corrected chi connectivity index (χ1v) is 19.8. The third-order valence-corrected chi connectivity index (χ3v) is 11.1. The number of anilines is 1. The third-order valence-electron chi connectivity index (χ3n) is 8.41. The number of furan rings is 1. The summed E-state index contributed by atoms with van der Waals surface area (Å²) in [6.07, 6.45) is 7.22. The molecule has 0 atom stereocenters. The smallest absolute Gasteiger partial charge is 0.748 e. The van der Waals surface area contributed by atoms with Crippen LogP contribution >= 0.6 is 11.8 Å². The van der Waals surface area contributed by atoms with Gasteiger partial charge >= 0.3 is 51.4 Å². The summed E-state index contributed by atoms with van der Waals surface area (Å²) in [5.74, 6) is 0.0473. The zero-order valence-corrected chi connectivity index (χ0v) is 33.4. The maximum atomic E-state index is 11.4. The van der Waals surface area contributed by atoms with Crippen LogP contribution in [0.2, 0.25) is 0 Å². The molecule has 5 rings (SSSR count). The number of thioether (sulfide) groups is 1. The van der Waals surface area contributed by atoms with E-state index < -0.39 is 20.2 Å². The molecule has 1 aromatic heterocycles. The molecule has 0 unspecified atom stereocenters. The second-order valence-electron chi connectivity index (χ2n) is 11.9. The van der Waals surface area contributed by atoms with E-state index in [1.165, 1.54) is 11.1 Å². The topological polar surface area (TPSA) is 128 Å². The van der Waals surface area contributed by atoms with Crippen LogP contribution in [0.1, 0.15) is 61.5 Å². The van der Waals surface area contributed by atoms with Crippen LogP contribution in [0.15, 0.2) is 86.7 Å². The molecule has 0 fully saturated rings. The van der Waals surface area contributed by atoms with E-state index in [2.05, 4.69) is 68.2 Å². The fourth-order valence-electron chi connectivity index (χ4n) is 5.75. The van der Waals surface area contributed by atoms with E-state index in [9.17, 15) is 25.9 Å². The van der Waals surface area contributed by atoms with Crippen LogP contribution in [0.5, 0.6) is 0 Å². The predicted octanol–water partition coefficient (Wildman–Crippen LogP) is 5.50. The Morgan fingerprint density at radius 2 is 1.62 bits per heavy atom. The van der Waals surface area contributed by atoms with Crippen LogP contribution in [-0.2, 0) is 26.7 Å². The monoisotopic (exact) mass is 733 g/mol. The Balaban J connectivity index is 0.00000520. The quantitative estimate of drug-likeness (QED) is 0.102. The van der Waals surface area contributed by atoms with Gasteiger partial charge in [0.15, 0.2) is 0 Å². The van der Waals surface area contributed by atoms with Gasteiger partial charge in [0.1, 0.15) is 11.3 Å². The minimum Gasteiger partial charge on any atom is -0.748 e. The first-order chi connectivity index (χ1) is 22.3. The van der Waals surface area contributed by atoms with E-state index >= 15 is 0 Å². The van der Waals surface area contributed by atoms with Crippen LogP contribution in [0.25, 0.3) is 28.2 Å². The molecular formula is C36H40KNO7S3. The first kappa shape index (κ1) is 39.1. The molecule has 1 aliphatic rings. The largest absolute Gasteiger partial charge is 1.00 e. The summed E-state index contributed by atoms with van der Waals surface area (Å²) in [7, 11) is -8.31. The summed E-state index contributed by atoms with van der Waals surface area (Å²) < 4.78 is 72.0. The maximum absolute atomic E-state index is 11.4. The first-order valence-electron chi connectivity index (χ1n) is 15.8. The van der Waals surface area contributed by atoms with E-state index in [1.807, 2.05) is 30.3 Å². The standard InChI is InChI=1S/C36H41NO7S3.K/c1-4-27(23-36-37(17-9-11-19-47(41,42)43)32-20-25(2)26(3)21-35(32)45-36)22-34-30(14-8-10-18-46(38,39)40)31-24-29(15-16-33(31)44-34)28-12-6-5-7-13-28;/h5-7,12-13,15-16,20-24H,4,8-11,14,17-19H2,1-3H3,(H,38,39,40)(H,41,42,43);/q;+1/p-1/b27-22-,36-23+;. The summed E-state index contributed by atoms with van der Waals surface area (Å²) >= 11 is 1.67. The fourth-order valence-corrected chi connectivity index (χ4v) is 8.12. The van der Waals surface area contributed by atoms with Crippen molar-refractivity contribution in [1.82, 2.24) is 0 Å². The zero-order chi connectivity index (χ0) is 33.8. The van der Waals surface area contributed by atoms with Crippen molar-refractivity contribution < 1.29 is 81.7 Å². The molecule has 3 aromatic carbocycles. The summed E-state index contributed by atoms with van der Waals surface area (Å²) in [5.41, 5.74) is 8.33. The molecule has 1 N–H and O–H groups in total. The van der Waals surface area contributed by atoms with Gasteiger partial charge in [-0.2, -0.15) is 8.42 Å². The SMILES string of the molecule is CCC(=C/c1oc2ccc(-c3ccccc3)cc2c1CCCCS(=O)(=O)O)/C=C1/Sc2cc(C)c(C)cc2N1CCCCS(=O)(=O)[O-].[K+]. The van der Waals surface area contributed by atoms with E-state index in [-0.39, 0.29) is 62.9 Å². The van der Waals surface area contributed by atoms with Crippen molar-refractivity contribution in [2.45, 2.75) is 64.2 Å².